The third kappa shape index (κ3) is 2.60. The van der Waals surface area contributed by atoms with Crippen LogP contribution in [0, 0.1) is 10.1 Å². The van der Waals surface area contributed by atoms with Gasteiger partial charge in [-0.1, -0.05) is 23.7 Å². The van der Waals surface area contributed by atoms with Crippen molar-refractivity contribution in [1.29, 1.82) is 0 Å². The number of ketones is 1. The van der Waals surface area contributed by atoms with Gasteiger partial charge in [0.1, 0.15) is 18.8 Å². The number of hydrogen-bond acceptors (Lipinski definition) is 5. The first-order chi connectivity index (χ1) is 10.6. The molecule has 6 nitrogen and oxygen atoms in total. The quantitative estimate of drug-likeness (QED) is 0.493. The van der Waals surface area contributed by atoms with E-state index in [2.05, 4.69) is 0 Å². The van der Waals surface area contributed by atoms with E-state index in [9.17, 15) is 14.9 Å². The van der Waals surface area contributed by atoms with Crippen LogP contribution in [-0.4, -0.2) is 23.9 Å². The fraction of sp³-hybridized carbons (Fsp3) is 0.133. The highest BCUT2D eigenvalue weighted by Gasteiger charge is 2.27. The minimum absolute atomic E-state index is 0.0588. The standard InChI is InChI=1S/C15H10ClNO5/c16-10-3-1-2-9(6-10)15(18)11-7-13-14(22-5-4-21-13)8-12(11)17(19)20/h1-3,6-8H,4-5H2. The van der Waals surface area contributed by atoms with Gasteiger partial charge in [0.05, 0.1) is 11.0 Å². The van der Waals surface area contributed by atoms with Crippen LogP contribution in [0.1, 0.15) is 15.9 Å². The predicted molar refractivity (Wildman–Crippen MR) is 79.0 cm³/mol. The zero-order valence-corrected chi connectivity index (χ0v) is 12.0. The summed E-state index contributed by atoms with van der Waals surface area (Å²) in [7, 11) is 0. The lowest BCUT2D eigenvalue weighted by Crippen LogP contribution is -2.16. The summed E-state index contributed by atoms with van der Waals surface area (Å²) < 4.78 is 10.7. The topological polar surface area (TPSA) is 78.7 Å². The van der Waals surface area contributed by atoms with Crippen LogP contribution in [0.4, 0.5) is 5.69 Å². The largest absolute Gasteiger partial charge is 0.486 e. The Morgan fingerprint density at radius 2 is 1.82 bits per heavy atom. The molecule has 0 N–H and O–H groups in total. The van der Waals surface area contributed by atoms with Gasteiger partial charge in [-0.25, -0.2) is 0 Å². The molecule has 0 amide bonds. The number of ether oxygens (including phenoxy) is 2. The first-order valence-corrected chi connectivity index (χ1v) is 6.82. The molecule has 1 heterocycles. The van der Waals surface area contributed by atoms with E-state index in [1.54, 1.807) is 18.2 Å². The summed E-state index contributed by atoms with van der Waals surface area (Å²) in [6.45, 7) is 0.640. The molecule has 7 heteroatoms. The fourth-order valence-corrected chi connectivity index (χ4v) is 2.39. The van der Waals surface area contributed by atoms with Crippen LogP contribution in [0.3, 0.4) is 0 Å². The van der Waals surface area contributed by atoms with Crippen LogP contribution in [0.2, 0.25) is 5.02 Å². The fourth-order valence-electron chi connectivity index (χ4n) is 2.20. The number of halogens is 1. The Kier molecular flexibility index (Phi) is 3.68. The van der Waals surface area contributed by atoms with Crippen LogP contribution < -0.4 is 9.47 Å². The lowest BCUT2D eigenvalue weighted by atomic mass is 10.0. The van der Waals surface area contributed by atoms with E-state index in [1.165, 1.54) is 18.2 Å². The summed E-state index contributed by atoms with van der Waals surface area (Å²) in [5, 5.41) is 11.6. The third-order valence-electron chi connectivity index (χ3n) is 3.19. The summed E-state index contributed by atoms with van der Waals surface area (Å²) in [5.41, 5.74) is -0.113. The highest BCUT2D eigenvalue weighted by molar-refractivity contribution is 6.31. The summed E-state index contributed by atoms with van der Waals surface area (Å²) in [6, 6.07) is 8.80. The molecule has 22 heavy (non-hydrogen) atoms. The van der Waals surface area contributed by atoms with Gasteiger partial charge in [0.2, 0.25) is 0 Å². The molecule has 2 aromatic rings. The number of carbonyl (C=O) groups excluding carboxylic acids is 1. The summed E-state index contributed by atoms with van der Waals surface area (Å²) in [5.74, 6) is 0.0917. The molecule has 0 aliphatic carbocycles. The molecule has 1 aliphatic rings. The molecule has 0 atom stereocenters. The Bertz CT molecular complexity index is 775. The van der Waals surface area contributed by atoms with E-state index >= 15 is 0 Å². The minimum Gasteiger partial charge on any atom is -0.486 e. The Labute approximate surface area is 130 Å². The maximum absolute atomic E-state index is 12.6. The van der Waals surface area contributed by atoms with Crippen molar-refractivity contribution in [2.24, 2.45) is 0 Å². The molecule has 0 saturated heterocycles. The third-order valence-corrected chi connectivity index (χ3v) is 3.42. The maximum atomic E-state index is 12.6. The van der Waals surface area contributed by atoms with Crippen molar-refractivity contribution >= 4 is 23.1 Å². The number of nitro groups is 1. The van der Waals surface area contributed by atoms with Gasteiger partial charge in [-0.15, -0.1) is 0 Å². The molecule has 112 valence electrons. The smallest absolute Gasteiger partial charge is 0.284 e. The molecule has 0 aromatic heterocycles. The minimum atomic E-state index is -0.615. The van der Waals surface area contributed by atoms with Crippen molar-refractivity contribution in [2.45, 2.75) is 0 Å². The second kappa shape index (κ2) is 5.65. The van der Waals surface area contributed by atoms with Gasteiger partial charge < -0.3 is 9.47 Å². The van der Waals surface area contributed by atoms with Gasteiger partial charge in [-0.3, -0.25) is 14.9 Å². The van der Waals surface area contributed by atoms with Crippen LogP contribution >= 0.6 is 11.6 Å². The van der Waals surface area contributed by atoms with Gasteiger partial charge in [-0.2, -0.15) is 0 Å². The van der Waals surface area contributed by atoms with Crippen molar-refractivity contribution in [3.05, 3.63) is 62.7 Å². The zero-order valence-electron chi connectivity index (χ0n) is 11.2. The van der Waals surface area contributed by atoms with E-state index in [-0.39, 0.29) is 22.6 Å². The second-order valence-corrected chi connectivity index (χ2v) is 5.05. The van der Waals surface area contributed by atoms with Crippen molar-refractivity contribution in [3.8, 4) is 11.5 Å². The van der Waals surface area contributed by atoms with Crippen molar-refractivity contribution in [2.75, 3.05) is 13.2 Å². The number of fused-ring (bicyclic) bond motifs is 1. The van der Waals surface area contributed by atoms with Gasteiger partial charge in [0.25, 0.3) is 5.69 Å². The average Bonchev–Trinajstić information content (AvgIpc) is 2.52. The van der Waals surface area contributed by atoms with E-state index in [1.807, 2.05) is 0 Å². The van der Waals surface area contributed by atoms with Crippen molar-refractivity contribution < 1.29 is 19.2 Å². The number of carbonyl (C=O) groups is 1. The van der Waals surface area contributed by atoms with Crippen molar-refractivity contribution in [3.63, 3.8) is 0 Å². The molecule has 0 radical (unpaired) electrons. The Morgan fingerprint density at radius 3 is 2.45 bits per heavy atom. The number of nitrogens with zero attached hydrogens (tertiary/aromatic N) is 1. The lowest BCUT2D eigenvalue weighted by Gasteiger charge is -2.18. The van der Waals surface area contributed by atoms with E-state index in [4.69, 9.17) is 21.1 Å². The van der Waals surface area contributed by atoms with Gasteiger partial charge in [0.15, 0.2) is 17.3 Å². The molecular formula is C15H10ClNO5. The molecule has 0 bridgehead atoms. The molecule has 0 saturated carbocycles. The number of rotatable bonds is 3. The van der Waals surface area contributed by atoms with Gasteiger partial charge >= 0.3 is 0 Å². The highest BCUT2D eigenvalue weighted by Crippen LogP contribution is 2.37. The van der Waals surface area contributed by atoms with E-state index in [0.29, 0.717) is 24.0 Å². The van der Waals surface area contributed by atoms with Crippen LogP contribution in [0.25, 0.3) is 0 Å². The second-order valence-electron chi connectivity index (χ2n) is 4.61. The van der Waals surface area contributed by atoms with Crippen LogP contribution in [0.5, 0.6) is 11.5 Å². The molecule has 1 aliphatic heterocycles. The monoisotopic (exact) mass is 319 g/mol. The number of hydrogen-bond donors (Lipinski definition) is 0. The molecule has 3 rings (SSSR count). The summed E-state index contributed by atoms with van der Waals surface area (Å²) in [6.07, 6.45) is 0. The lowest BCUT2D eigenvalue weighted by molar-refractivity contribution is -0.385. The van der Waals surface area contributed by atoms with Gasteiger partial charge in [0, 0.05) is 16.7 Å². The first kappa shape index (κ1) is 14.3. The Hall–Kier alpha value is -2.60. The molecule has 0 fully saturated rings. The zero-order chi connectivity index (χ0) is 15.7. The van der Waals surface area contributed by atoms with Crippen molar-refractivity contribution in [1.82, 2.24) is 0 Å². The Morgan fingerprint density at radius 1 is 1.14 bits per heavy atom. The molecule has 0 spiro atoms. The summed E-state index contributed by atoms with van der Waals surface area (Å²) >= 11 is 5.86. The van der Waals surface area contributed by atoms with E-state index in [0.717, 1.165) is 0 Å². The number of nitro benzene ring substituents is 1. The first-order valence-electron chi connectivity index (χ1n) is 6.44. The maximum Gasteiger partial charge on any atom is 0.284 e. The normalized spacial score (nSPS) is 12.8. The average molecular weight is 320 g/mol. The molecule has 2 aromatic carbocycles. The SMILES string of the molecule is O=C(c1cccc(Cl)c1)c1cc2c(cc1[N+](=O)[O-])OCCO2. The predicted octanol–water partition coefficient (Wildman–Crippen LogP) is 3.25. The van der Waals surface area contributed by atoms with E-state index < -0.39 is 10.7 Å². The van der Waals surface area contributed by atoms with Gasteiger partial charge in [-0.05, 0) is 12.1 Å². The molecular weight excluding hydrogens is 310 g/mol. The van der Waals surface area contributed by atoms with Crippen LogP contribution in [0.15, 0.2) is 36.4 Å². The Balaban J connectivity index is 2.12. The van der Waals surface area contributed by atoms with Crippen LogP contribution in [-0.2, 0) is 0 Å². The summed E-state index contributed by atoms with van der Waals surface area (Å²) in [4.78, 5) is 23.2. The number of benzene rings is 2. The highest BCUT2D eigenvalue weighted by atomic mass is 35.5. The molecule has 0 unspecified atom stereocenters.